The molecule has 1 saturated heterocycles. The Kier molecular flexibility index (Phi) is 5.93. The van der Waals surface area contributed by atoms with Crippen molar-refractivity contribution in [1.82, 2.24) is 4.90 Å². The highest BCUT2D eigenvalue weighted by Gasteiger charge is 2.35. The van der Waals surface area contributed by atoms with Crippen molar-refractivity contribution >= 4 is 35.3 Å². The molecule has 1 unspecified atom stereocenters. The highest BCUT2D eigenvalue weighted by Crippen LogP contribution is 2.40. The molecule has 2 aliphatic rings. The zero-order valence-corrected chi connectivity index (χ0v) is 19.2. The minimum Gasteiger partial charge on any atom is -0.497 e. The van der Waals surface area contributed by atoms with Crippen molar-refractivity contribution in [2.24, 2.45) is 0 Å². The molecule has 0 saturated carbocycles. The first-order valence-electron chi connectivity index (χ1n) is 10.2. The van der Waals surface area contributed by atoms with Crippen molar-refractivity contribution in [1.29, 1.82) is 0 Å². The van der Waals surface area contributed by atoms with Crippen molar-refractivity contribution in [3.05, 3.63) is 81.7 Å². The lowest BCUT2D eigenvalue weighted by atomic mass is 10.0. The van der Waals surface area contributed by atoms with Crippen LogP contribution in [0.4, 0.5) is 0 Å². The Morgan fingerprint density at radius 2 is 1.88 bits per heavy atom. The fourth-order valence-electron chi connectivity index (χ4n) is 3.72. The lowest BCUT2D eigenvalue weighted by Crippen LogP contribution is -2.31. The van der Waals surface area contributed by atoms with Gasteiger partial charge in [-0.1, -0.05) is 53.7 Å². The predicted octanol–water partition coefficient (Wildman–Crippen LogP) is 5.14. The summed E-state index contributed by atoms with van der Waals surface area (Å²) in [6, 6.07) is 19.1. The van der Waals surface area contributed by atoms with E-state index in [4.69, 9.17) is 25.8 Å². The molecular weight excluding hydrogens is 462 g/mol. The topological polar surface area (TPSA) is 68.2 Å². The molecule has 1 atom stereocenters. The van der Waals surface area contributed by atoms with Gasteiger partial charge in [0.15, 0.2) is 17.1 Å². The van der Waals surface area contributed by atoms with E-state index in [0.29, 0.717) is 27.0 Å². The molecule has 2 heterocycles. The van der Waals surface area contributed by atoms with Gasteiger partial charge >= 0.3 is 0 Å². The Labute approximate surface area is 200 Å². The maximum Gasteiger partial charge on any atom is 0.263 e. The molecule has 3 aromatic carbocycles. The van der Waals surface area contributed by atoms with E-state index in [2.05, 4.69) is 0 Å². The van der Waals surface area contributed by atoms with Crippen LogP contribution in [0.15, 0.2) is 65.6 Å². The number of fused-ring (bicyclic) bond motifs is 1. The highest BCUT2D eigenvalue weighted by atomic mass is 35.5. The largest absolute Gasteiger partial charge is 0.497 e. The number of thioether (sulfide) groups is 1. The van der Waals surface area contributed by atoms with Gasteiger partial charge in [-0.2, -0.15) is 0 Å². The van der Waals surface area contributed by atoms with Gasteiger partial charge in [-0.3, -0.25) is 9.69 Å². The van der Waals surface area contributed by atoms with Crippen LogP contribution in [0.2, 0.25) is 5.02 Å². The number of amides is 1. The van der Waals surface area contributed by atoms with Gasteiger partial charge in [0.05, 0.1) is 18.6 Å². The third-order valence-electron chi connectivity index (χ3n) is 5.46. The lowest BCUT2D eigenvalue weighted by Gasteiger charge is -2.19. The molecule has 1 fully saturated rings. The van der Waals surface area contributed by atoms with Crippen LogP contribution >= 0.6 is 23.4 Å². The Bertz CT molecular complexity index is 1240. The number of nitrogens with zero attached hydrogens (tertiary/aromatic N) is 1. The number of carbonyl (C=O) groups excluding carboxylic acids is 1. The number of rotatable bonds is 5. The maximum atomic E-state index is 13.1. The molecule has 33 heavy (non-hydrogen) atoms. The summed E-state index contributed by atoms with van der Waals surface area (Å²) in [5, 5.41) is 11.0. The molecule has 5 rings (SSSR count). The van der Waals surface area contributed by atoms with Crippen LogP contribution < -0.4 is 14.2 Å². The molecule has 168 valence electrons. The van der Waals surface area contributed by atoms with Crippen LogP contribution in [0.1, 0.15) is 11.1 Å². The number of aliphatic hydroxyl groups excluding tert-OH is 1. The van der Waals surface area contributed by atoms with Crippen molar-refractivity contribution in [2.75, 3.05) is 13.9 Å². The predicted molar refractivity (Wildman–Crippen MR) is 128 cm³/mol. The average molecular weight is 482 g/mol. The van der Waals surface area contributed by atoms with Crippen LogP contribution in [-0.2, 0) is 11.3 Å². The molecule has 6 nitrogen and oxygen atoms in total. The lowest BCUT2D eigenvalue weighted by molar-refractivity contribution is -0.130. The van der Waals surface area contributed by atoms with E-state index in [9.17, 15) is 9.90 Å². The summed E-state index contributed by atoms with van der Waals surface area (Å²) >= 11 is 7.47. The summed E-state index contributed by atoms with van der Waals surface area (Å²) in [6.07, 6.45) is 1.80. The number of ether oxygens (including phenoxy) is 3. The van der Waals surface area contributed by atoms with E-state index >= 15 is 0 Å². The van der Waals surface area contributed by atoms with E-state index in [0.717, 1.165) is 34.2 Å². The van der Waals surface area contributed by atoms with Crippen LogP contribution in [0.5, 0.6) is 17.2 Å². The molecule has 8 heteroatoms. The smallest absolute Gasteiger partial charge is 0.263 e. The van der Waals surface area contributed by atoms with Crippen molar-refractivity contribution in [2.45, 2.75) is 12.1 Å². The summed E-state index contributed by atoms with van der Waals surface area (Å²) in [7, 11) is 1.64. The Morgan fingerprint density at radius 3 is 2.64 bits per heavy atom. The first kappa shape index (κ1) is 21.7. The van der Waals surface area contributed by atoms with E-state index in [1.807, 2.05) is 48.5 Å². The first-order valence-corrected chi connectivity index (χ1v) is 11.5. The van der Waals surface area contributed by atoms with Gasteiger partial charge in [-0.15, -0.1) is 0 Å². The van der Waals surface area contributed by atoms with Crippen LogP contribution in [-0.4, -0.2) is 35.4 Å². The second kappa shape index (κ2) is 9.02. The van der Waals surface area contributed by atoms with Crippen LogP contribution in [0.3, 0.4) is 0 Å². The van der Waals surface area contributed by atoms with Gasteiger partial charge in [0, 0.05) is 11.1 Å². The van der Waals surface area contributed by atoms with Crippen molar-refractivity contribution in [3.8, 4) is 28.4 Å². The molecule has 0 radical (unpaired) electrons. The van der Waals surface area contributed by atoms with Gasteiger partial charge in [-0.25, -0.2) is 0 Å². The van der Waals surface area contributed by atoms with E-state index in [1.165, 1.54) is 4.90 Å². The molecule has 0 spiro atoms. The number of halogens is 1. The standard InChI is InChI=1S/C25H20ClNO5S/c1-30-19-7-5-16(6-8-19)17-4-2-3-15(9-17)10-23-24(28)27(25(29)33-23)13-18-11-21-22(12-20(18)26)32-14-31-21/h2-12,25,29H,13-14H2,1H3. The normalized spacial score (nSPS) is 18.3. The highest BCUT2D eigenvalue weighted by molar-refractivity contribution is 8.05. The molecule has 1 amide bonds. The summed E-state index contributed by atoms with van der Waals surface area (Å²) in [6.45, 7) is 0.296. The SMILES string of the molecule is COc1ccc(-c2cccc(C=C3SC(O)N(Cc4cc5c(cc4Cl)OCO5)C3=O)c2)cc1. The molecule has 0 aromatic heterocycles. The Balaban J connectivity index is 1.36. The number of carbonyl (C=O) groups is 1. The second-order valence-corrected chi connectivity index (χ2v) is 9.04. The first-order chi connectivity index (χ1) is 16.0. The van der Waals surface area contributed by atoms with Crippen molar-refractivity contribution in [3.63, 3.8) is 0 Å². The number of aliphatic hydroxyl groups is 1. The fourth-order valence-corrected chi connectivity index (χ4v) is 4.88. The van der Waals surface area contributed by atoms with Crippen LogP contribution in [0, 0.1) is 0 Å². The van der Waals surface area contributed by atoms with E-state index in [1.54, 1.807) is 25.3 Å². The maximum absolute atomic E-state index is 13.1. The molecule has 0 bridgehead atoms. The van der Waals surface area contributed by atoms with Gasteiger partial charge in [-0.05, 0) is 52.6 Å². The third-order valence-corrected chi connectivity index (χ3v) is 6.82. The zero-order chi connectivity index (χ0) is 22.9. The van der Waals surface area contributed by atoms with Crippen molar-refractivity contribution < 1.29 is 24.1 Å². The van der Waals surface area contributed by atoms with Gasteiger partial charge in [0.1, 0.15) is 5.75 Å². The Hall–Kier alpha value is -3.13. The molecule has 0 aliphatic carbocycles. The fraction of sp³-hybridized carbons (Fsp3) is 0.160. The molecule has 2 aliphatic heterocycles. The van der Waals surface area contributed by atoms with Crippen LogP contribution in [0.25, 0.3) is 17.2 Å². The van der Waals surface area contributed by atoms with Gasteiger partial charge in [0.25, 0.3) is 5.91 Å². The number of hydrogen-bond donors (Lipinski definition) is 1. The minimum atomic E-state index is -1.00. The third kappa shape index (κ3) is 4.39. The van der Waals surface area contributed by atoms with E-state index in [-0.39, 0.29) is 19.2 Å². The van der Waals surface area contributed by atoms with E-state index < -0.39 is 5.56 Å². The molecule has 1 N–H and O–H groups in total. The second-order valence-electron chi connectivity index (χ2n) is 7.54. The number of methoxy groups -OCH3 is 1. The summed E-state index contributed by atoms with van der Waals surface area (Å²) < 4.78 is 16.0. The summed E-state index contributed by atoms with van der Waals surface area (Å²) in [5.74, 6) is 1.69. The monoisotopic (exact) mass is 481 g/mol. The molecular formula is C25H20ClNO5S. The van der Waals surface area contributed by atoms with Gasteiger partial charge < -0.3 is 19.3 Å². The van der Waals surface area contributed by atoms with Gasteiger partial charge in [0.2, 0.25) is 6.79 Å². The summed E-state index contributed by atoms with van der Waals surface area (Å²) in [5.41, 5.74) is 2.61. The average Bonchev–Trinajstić information content (AvgIpc) is 3.38. The minimum absolute atomic E-state index is 0.138. The Morgan fingerprint density at radius 1 is 1.12 bits per heavy atom. The zero-order valence-electron chi connectivity index (χ0n) is 17.7. The number of hydrogen-bond acceptors (Lipinski definition) is 6. The summed E-state index contributed by atoms with van der Waals surface area (Å²) in [4.78, 5) is 14.9. The molecule has 3 aromatic rings. The number of benzene rings is 3. The quantitative estimate of drug-likeness (QED) is 0.509.